The van der Waals surface area contributed by atoms with Gasteiger partial charge in [0.05, 0.1) is 19.1 Å². The molecule has 1 aliphatic rings. The van der Waals surface area contributed by atoms with E-state index in [4.69, 9.17) is 0 Å². The minimum absolute atomic E-state index is 0.0308. The highest BCUT2D eigenvalue weighted by molar-refractivity contribution is 5.93. The van der Waals surface area contributed by atoms with E-state index in [1.54, 1.807) is 25.9 Å². The van der Waals surface area contributed by atoms with Crippen LogP contribution in [0.2, 0.25) is 0 Å². The molecule has 0 saturated heterocycles. The first-order valence-corrected chi connectivity index (χ1v) is 8.87. The smallest absolute Gasteiger partial charge is 0.239 e. The number of carbonyl (C=O) groups is 3. The number of amides is 3. The predicted molar refractivity (Wildman–Crippen MR) is 101 cm³/mol. The Morgan fingerprint density at radius 3 is 2.27 bits per heavy atom. The Hall–Kier alpha value is -2.41. The van der Waals surface area contributed by atoms with E-state index in [1.807, 2.05) is 31.2 Å². The summed E-state index contributed by atoms with van der Waals surface area (Å²) in [7, 11) is 3.32. The molecule has 2 rings (SSSR count). The first kappa shape index (κ1) is 19.9. The molecule has 1 aromatic carbocycles. The third-order valence-corrected chi connectivity index (χ3v) is 4.45. The Labute approximate surface area is 154 Å². The van der Waals surface area contributed by atoms with Gasteiger partial charge in [-0.15, -0.1) is 0 Å². The second kappa shape index (κ2) is 8.80. The maximum Gasteiger partial charge on any atom is 0.239 e. The van der Waals surface area contributed by atoms with Crippen molar-refractivity contribution < 1.29 is 14.4 Å². The van der Waals surface area contributed by atoms with E-state index in [-0.39, 0.29) is 36.9 Å². The van der Waals surface area contributed by atoms with Crippen LogP contribution >= 0.6 is 0 Å². The van der Waals surface area contributed by atoms with Crippen LogP contribution in [0.4, 0.5) is 5.69 Å². The summed E-state index contributed by atoms with van der Waals surface area (Å²) in [6.45, 7) is 3.83. The van der Waals surface area contributed by atoms with Gasteiger partial charge in [0, 0.05) is 18.8 Å². The molecule has 1 unspecified atom stereocenters. The fraction of sp³-hybridized carbons (Fsp3) is 0.526. The maximum absolute atomic E-state index is 12.5. The van der Waals surface area contributed by atoms with Gasteiger partial charge in [-0.3, -0.25) is 19.3 Å². The molecule has 1 atom stereocenters. The number of aryl methyl sites for hydroxylation is 1. The normalized spacial score (nSPS) is 14.7. The van der Waals surface area contributed by atoms with Gasteiger partial charge in [-0.1, -0.05) is 17.7 Å². The molecule has 1 aliphatic carbocycles. The number of rotatable bonds is 8. The van der Waals surface area contributed by atoms with Gasteiger partial charge in [0.1, 0.15) is 0 Å². The summed E-state index contributed by atoms with van der Waals surface area (Å²) in [6.07, 6.45) is 2.03. The maximum atomic E-state index is 12.5. The standard InChI is InChI=1S/C19H28N4O3/c1-13-5-7-15(8-6-13)20-17(24)11-22(3)14(2)19(26)23(4)12-18(25)21-16-9-10-16/h5-8,14,16H,9-12H2,1-4H3,(H,20,24)(H,21,25). The molecule has 0 bridgehead atoms. The Bertz CT molecular complexity index is 655. The largest absolute Gasteiger partial charge is 0.352 e. The van der Waals surface area contributed by atoms with Crippen molar-refractivity contribution in [3.05, 3.63) is 29.8 Å². The van der Waals surface area contributed by atoms with E-state index in [0.29, 0.717) is 0 Å². The average Bonchev–Trinajstić information content (AvgIpc) is 3.39. The highest BCUT2D eigenvalue weighted by atomic mass is 16.2. The van der Waals surface area contributed by atoms with Crippen LogP contribution in [0.3, 0.4) is 0 Å². The lowest BCUT2D eigenvalue weighted by Gasteiger charge is -2.27. The predicted octanol–water partition coefficient (Wildman–Crippen LogP) is 0.991. The van der Waals surface area contributed by atoms with Gasteiger partial charge in [0.25, 0.3) is 0 Å². The zero-order valence-electron chi connectivity index (χ0n) is 15.9. The molecule has 1 aromatic rings. The van der Waals surface area contributed by atoms with Gasteiger partial charge in [0.15, 0.2) is 0 Å². The van der Waals surface area contributed by atoms with Crippen LogP contribution < -0.4 is 10.6 Å². The molecule has 26 heavy (non-hydrogen) atoms. The second-order valence-electron chi connectivity index (χ2n) is 7.04. The molecule has 0 aliphatic heterocycles. The highest BCUT2D eigenvalue weighted by Gasteiger charge is 2.27. The zero-order valence-corrected chi connectivity index (χ0v) is 15.9. The molecule has 0 heterocycles. The molecule has 0 spiro atoms. The van der Waals surface area contributed by atoms with Crippen LogP contribution in [0.1, 0.15) is 25.3 Å². The van der Waals surface area contributed by atoms with Crippen molar-refractivity contribution in [2.24, 2.45) is 0 Å². The molecule has 142 valence electrons. The summed E-state index contributed by atoms with van der Waals surface area (Å²) in [5, 5.41) is 5.67. The fourth-order valence-electron chi connectivity index (χ4n) is 2.50. The zero-order chi connectivity index (χ0) is 19.3. The van der Waals surface area contributed by atoms with Crippen molar-refractivity contribution in [1.29, 1.82) is 0 Å². The number of likely N-dealkylation sites (N-methyl/N-ethyl adjacent to an activating group) is 2. The van der Waals surface area contributed by atoms with Gasteiger partial charge in [0.2, 0.25) is 17.7 Å². The van der Waals surface area contributed by atoms with Crippen molar-refractivity contribution in [2.45, 2.75) is 38.8 Å². The molecular weight excluding hydrogens is 332 g/mol. The molecule has 2 N–H and O–H groups in total. The van der Waals surface area contributed by atoms with Gasteiger partial charge in [-0.05, 0) is 45.9 Å². The third kappa shape index (κ3) is 6.15. The third-order valence-electron chi connectivity index (χ3n) is 4.45. The summed E-state index contributed by atoms with van der Waals surface area (Å²) in [5.74, 6) is -0.526. The van der Waals surface area contributed by atoms with Crippen molar-refractivity contribution in [3.63, 3.8) is 0 Å². The first-order valence-electron chi connectivity index (χ1n) is 8.87. The number of anilines is 1. The van der Waals surface area contributed by atoms with Crippen molar-refractivity contribution in [1.82, 2.24) is 15.1 Å². The number of carbonyl (C=O) groups excluding carboxylic acids is 3. The van der Waals surface area contributed by atoms with Crippen LogP contribution in [0.15, 0.2) is 24.3 Å². The van der Waals surface area contributed by atoms with Crippen LogP contribution in [-0.2, 0) is 14.4 Å². The minimum Gasteiger partial charge on any atom is -0.352 e. The number of benzene rings is 1. The van der Waals surface area contributed by atoms with Crippen molar-refractivity contribution in [3.8, 4) is 0 Å². The van der Waals surface area contributed by atoms with Crippen molar-refractivity contribution >= 4 is 23.4 Å². The Morgan fingerprint density at radius 1 is 1.08 bits per heavy atom. The van der Waals surface area contributed by atoms with Gasteiger partial charge >= 0.3 is 0 Å². The van der Waals surface area contributed by atoms with Crippen LogP contribution in [0, 0.1) is 6.92 Å². The summed E-state index contributed by atoms with van der Waals surface area (Å²) in [6, 6.07) is 7.30. The van der Waals surface area contributed by atoms with Crippen LogP contribution in [-0.4, -0.2) is 66.8 Å². The molecule has 7 heteroatoms. The number of nitrogens with zero attached hydrogens (tertiary/aromatic N) is 2. The SMILES string of the molecule is Cc1ccc(NC(=O)CN(C)C(C)C(=O)N(C)CC(=O)NC2CC2)cc1. The highest BCUT2D eigenvalue weighted by Crippen LogP contribution is 2.18. The lowest BCUT2D eigenvalue weighted by molar-refractivity contribution is -0.138. The Morgan fingerprint density at radius 2 is 1.69 bits per heavy atom. The second-order valence-corrected chi connectivity index (χ2v) is 7.04. The first-order chi connectivity index (χ1) is 12.3. The van der Waals surface area contributed by atoms with E-state index in [9.17, 15) is 14.4 Å². The van der Waals surface area contributed by atoms with E-state index >= 15 is 0 Å². The lowest BCUT2D eigenvalue weighted by Crippen LogP contribution is -2.49. The van der Waals surface area contributed by atoms with E-state index in [1.165, 1.54) is 4.90 Å². The summed E-state index contributed by atoms with van der Waals surface area (Å²) < 4.78 is 0. The number of hydrogen-bond donors (Lipinski definition) is 2. The van der Waals surface area contributed by atoms with Crippen LogP contribution in [0.25, 0.3) is 0 Å². The van der Waals surface area contributed by atoms with Gasteiger partial charge < -0.3 is 15.5 Å². The molecule has 0 radical (unpaired) electrons. The molecule has 7 nitrogen and oxygen atoms in total. The topological polar surface area (TPSA) is 81.8 Å². The Balaban J connectivity index is 1.79. The lowest BCUT2D eigenvalue weighted by atomic mass is 10.2. The number of hydrogen-bond acceptors (Lipinski definition) is 4. The minimum atomic E-state index is -0.502. The van der Waals surface area contributed by atoms with E-state index in [0.717, 1.165) is 24.1 Å². The summed E-state index contributed by atoms with van der Waals surface area (Å²) >= 11 is 0. The molecular formula is C19H28N4O3. The fourth-order valence-corrected chi connectivity index (χ4v) is 2.50. The van der Waals surface area contributed by atoms with E-state index < -0.39 is 6.04 Å². The average molecular weight is 360 g/mol. The Kier molecular flexibility index (Phi) is 6.74. The molecule has 1 fully saturated rings. The number of nitrogens with one attached hydrogen (secondary N) is 2. The van der Waals surface area contributed by atoms with Gasteiger partial charge in [-0.25, -0.2) is 0 Å². The molecule has 1 saturated carbocycles. The van der Waals surface area contributed by atoms with Crippen molar-refractivity contribution in [2.75, 3.05) is 32.5 Å². The summed E-state index contributed by atoms with van der Waals surface area (Å²) in [5.41, 5.74) is 1.84. The van der Waals surface area contributed by atoms with Gasteiger partial charge in [-0.2, -0.15) is 0 Å². The van der Waals surface area contributed by atoms with Crippen LogP contribution in [0.5, 0.6) is 0 Å². The summed E-state index contributed by atoms with van der Waals surface area (Å²) in [4.78, 5) is 39.5. The molecule has 0 aromatic heterocycles. The van der Waals surface area contributed by atoms with E-state index in [2.05, 4.69) is 10.6 Å². The monoisotopic (exact) mass is 360 g/mol. The molecule has 3 amide bonds. The quantitative estimate of drug-likeness (QED) is 0.724.